The topological polar surface area (TPSA) is 25.2 Å². The first-order valence-electron chi connectivity index (χ1n) is 8.40. The van der Waals surface area contributed by atoms with Crippen molar-refractivity contribution in [3.8, 4) is 0 Å². The third-order valence-corrected chi connectivity index (χ3v) is 5.84. The molecule has 2 nitrogen and oxygen atoms in total. The van der Waals surface area contributed by atoms with Crippen molar-refractivity contribution in [3.05, 3.63) is 22.6 Å². The van der Waals surface area contributed by atoms with Gasteiger partial charge in [0.1, 0.15) is 11.5 Å². The fourth-order valence-corrected chi connectivity index (χ4v) is 4.84. The van der Waals surface area contributed by atoms with E-state index in [4.69, 9.17) is 4.42 Å². The lowest BCUT2D eigenvalue weighted by molar-refractivity contribution is 0.279. The van der Waals surface area contributed by atoms with E-state index >= 15 is 0 Å². The van der Waals surface area contributed by atoms with Gasteiger partial charge in [0.15, 0.2) is 0 Å². The minimum absolute atomic E-state index is 0.488. The van der Waals surface area contributed by atoms with Crippen LogP contribution in [0.25, 0.3) is 0 Å². The molecule has 20 heavy (non-hydrogen) atoms. The third kappa shape index (κ3) is 2.43. The number of fused-ring (bicyclic) bond motifs is 2. The molecule has 1 N–H and O–H groups in total. The second kappa shape index (κ2) is 5.55. The van der Waals surface area contributed by atoms with Crippen LogP contribution in [0.5, 0.6) is 0 Å². The molecule has 2 heteroatoms. The van der Waals surface area contributed by atoms with Crippen molar-refractivity contribution in [2.75, 3.05) is 6.54 Å². The Morgan fingerprint density at radius 3 is 2.45 bits per heavy atom. The summed E-state index contributed by atoms with van der Waals surface area (Å²) in [4.78, 5) is 0. The van der Waals surface area contributed by atoms with Gasteiger partial charge in [0, 0.05) is 11.6 Å². The first-order chi connectivity index (χ1) is 9.60. The molecule has 0 aliphatic heterocycles. The van der Waals surface area contributed by atoms with Crippen molar-refractivity contribution < 1.29 is 4.42 Å². The summed E-state index contributed by atoms with van der Waals surface area (Å²) >= 11 is 0. The van der Waals surface area contributed by atoms with Crippen molar-refractivity contribution in [1.82, 2.24) is 5.32 Å². The van der Waals surface area contributed by atoms with Crippen LogP contribution in [-0.2, 0) is 0 Å². The van der Waals surface area contributed by atoms with E-state index < -0.39 is 0 Å². The Morgan fingerprint density at radius 2 is 1.95 bits per heavy atom. The van der Waals surface area contributed by atoms with Gasteiger partial charge in [0.05, 0.1) is 0 Å². The van der Waals surface area contributed by atoms with Gasteiger partial charge in [-0.15, -0.1) is 0 Å². The maximum atomic E-state index is 5.86. The van der Waals surface area contributed by atoms with Gasteiger partial charge in [0.25, 0.3) is 0 Å². The van der Waals surface area contributed by atoms with Gasteiger partial charge >= 0.3 is 0 Å². The molecule has 3 rings (SSSR count). The summed E-state index contributed by atoms with van der Waals surface area (Å²) in [6.07, 6.45) is 7.26. The second-order valence-electron chi connectivity index (χ2n) is 7.03. The van der Waals surface area contributed by atoms with Crippen molar-refractivity contribution in [1.29, 1.82) is 0 Å². The maximum Gasteiger partial charge on any atom is 0.106 e. The zero-order valence-corrected chi connectivity index (χ0v) is 13.5. The summed E-state index contributed by atoms with van der Waals surface area (Å²) in [5.74, 6) is 5.20. The highest BCUT2D eigenvalue weighted by Gasteiger charge is 2.40. The normalized spacial score (nSPS) is 30.1. The molecule has 0 aromatic carbocycles. The zero-order valence-electron chi connectivity index (χ0n) is 13.5. The summed E-state index contributed by atoms with van der Waals surface area (Å²) in [6.45, 7) is 9.68. The molecule has 0 spiro atoms. The summed E-state index contributed by atoms with van der Waals surface area (Å²) in [6, 6.07) is 0.488. The summed E-state index contributed by atoms with van der Waals surface area (Å²) in [5.41, 5.74) is 2.80. The molecule has 0 saturated heterocycles. The van der Waals surface area contributed by atoms with Gasteiger partial charge in [-0.3, -0.25) is 0 Å². The Balaban J connectivity index is 1.78. The summed E-state index contributed by atoms with van der Waals surface area (Å²) in [7, 11) is 0. The smallest absolute Gasteiger partial charge is 0.106 e. The van der Waals surface area contributed by atoms with Crippen LogP contribution in [0.4, 0.5) is 0 Å². The average Bonchev–Trinajstić information content (AvgIpc) is 3.06. The monoisotopic (exact) mass is 275 g/mol. The van der Waals surface area contributed by atoms with Gasteiger partial charge in [0.2, 0.25) is 0 Å². The Labute approximate surface area is 123 Å². The SMILES string of the molecule is CCNC(CC1CC2CCC1C2)c1c(C)oc(C)c1C. The largest absolute Gasteiger partial charge is 0.466 e. The van der Waals surface area contributed by atoms with Crippen LogP contribution >= 0.6 is 0 Å². The van der Waals surface area contributed by atoms with Crippen molar-refractivity contribution in [2.45, 2.75) is 65.8 Å². The van der Waals surface area contributed by atoms with E-state index in [1.807, 2.05) is 0 Å². The highest BCUT2D eigenvalue weighted by Crippen LogP contribution is 2.51. The number of hydrogen-bond donors (Lipinski definition) is 1. The summed E-state index contributed by atoms with van der Waals surface area (Å²) < 4.78 is 5.86. The fourth-order valence-electron chi connectivity index (χ4n) is 4.84. The number of hydrogen-bond acceptors (Lipinski definition) is 2. The van der Waals surface area contributed by atoms with Crippen LogP contribution in [0.2, 0.25) is 0 Å². The van der Waals surface area contributed by atoms with Crippen molar-refractivity contribution in [3.63, 3.8) is 0 Å². The predicted octanol–water partition coefficient (Wildman–Crippen LogP) is 4.68. The molecule has 112 valence electrons. The standard InChI is InChI=1S/C18H29NO/c1-5-19-17(18-11(2)12(3)20-13(18)4)10-16-9-14-6-7-15(16)8-14/h14-17,19H,5-10H2,1-4H3. The molecule has 1 heterocycles. The zero-order chi connectivity index (χ0) is 14.3. The fraction of sp³-hybridized carbons (Fsp3) is 0.778. The van der Waals surface area contributed by atoms with Gasteiger partial charge in [-0.25, -0.2) is 0 Å². The van der Waals surface area contributed by atoms with E-state index in [1.54, 1.807) is 0 Å². The van der Waals surface area contributed by atoms with Crippen LogP contribution in [0.1, 0.15) is 67.7 Å². The second-order valence-corrected chi connectivity index (χ2v) is 7.03. The van der Waals surface area contributed by atoms with Crippen LogP contribution in [0.15, 0.2) is 4.42 Å². The van der Waals surface area contributed by atoms with Gasteiger partial charge < -0.3 is 9.73 Å². The molecule has 4 atom stereocenters. The van der Waals surface area contributed by atoms with E-state index in [2.05, 4.69) is 33.0 Å². The van der Waals surface area contributed by atoms with E-state index in [-0.39, 0.29) is 0 Å². The highest BCUT2D eigenvalue weighted by molar-refractivity contribution is 5.34. The van der Waals surface area contributed by atoms with Crippen LogP contribution in [0.3, 0.4) is 0 Å². The predicted molar refractivity (Wildman–Crippen MR) is 82.9 cm³/mol. The van der Waals surface area contributed by atoms with Crippen LogP contribution in [0, 0.1) is 38.5 Å². The van der Waals surface area contributed by atoms with Gasteiger partial charge in [-0.2, -0.15) is 0 Å². The molecule has 2 fully saturated rings. The Hall–Kier alpha value is -0.760. The molecule has 2 bridgehead atoms. The Bertz CT molecular complexity index is 476. The quantitative estimate of drug-likeness (QED) is 0.844. The molecule has 2 aliphatic rings. The number of aryl methyl sites for hydroxylation is 2. The number of nitrogens with one attached hydrogen (secondary N) is 1. The molecule has 0 amide bonds. The third-order valence-electron chi connectivity index (χ3n) is 5.84. The molecular formula is C18H29NO. The van der Waals surface area contributed by atoms with Crippen molar-refractivity contribution >= 4 is 0 Å². The Morgan fingerprint density at radius 1 is 1.15 bits per heavy atom. The summed E-state index contributed by atoms with van der Waals surface area (Å²) in [5, 5.41) is 3.72. The van der Waals surface area contributed by atoms with Crippen molar-refractivity contribution in [2.24, 2.45) is 17.8 Å². The average molecular weight is 275 g/mol. The van der Waals surface area contributed by atoms with Crippen LogP contribution < -0.4 is 5.32 Å². The molecule has 4 unspecified atom stereocenters. The minimum Gasteiger partial charge on any atom is -0.466 e. The molecule has 2 saturated carbocycles. The first-order valence-corrected chi connectivity index (χ1v) is 8.40. The number of rotatable bonds is 5. The molecule has 1 aromatic heterocycles. The molecular weight excluding hydrogens is 246 g/mol. The van der Waals surface area contributed by atoms with E-state index in [9.17, 15) is 0 Å². The van der Waals surface area contributed by atoms with Gasteiger partial charge in [-0.05, 0) is 76.3 Å². The lowest BCUT2D eigenvalue weighted by atomic mass is 9.82. The lowest BCUT2D eigenvalue weighted by Crippen LogP contribution is -2.26. The van der Waals surface area contributed by atoms with E-state index in [0.29, 0.717) is 6.04 Å². The maximum absolute atomic E-state index is 5.86. The lowest BCUT2D eigenvalue weighted by Gasteiger charge is -2.27. The van der Waals surface area contributed by atoms with E-state index in [1.165, 1.54) is 43.2 Å². The highest BCUT2D eigenvalue weighted by atomic mass is 16.3. The molecule has 1 aromatic rings. The minimum atomic E-state index is 0.488. The molecule has 2 aliphatic carbocycles. The Kier molecular flexibility index (Phi) is 3.94. The van der Waals surface area contributed by atoms with Gasteiger partial charge in [-0.1, -0.05) is 13.3 Å². The van der Waals surface area contributed by atoms with Crippen LogP contribution in [-0.4, -0.2) is 6.54 Å². The molecule has 0 radical (unpaired) electrons. The first kappa shape index (κ1) is 14.2. The van der Waals surface area contributed by atoms with E-state index in [0.717, 1.165) is 35.8 Å². The number of furan rings is 1.